The van der Waals surface area contributed by atoms with Gasteiger partial charge in [-0.25, -0.2) is 4.83 Å². The number of hydrogen-bond acceptors (Lipinski definition) is 3. The average molecular weight is 340 g/mol. The van der Waals surface area contributed by atoms with E-state index in [2.05, 4.69) is 28.1 Å². The second-order valence-electron chi connectivity index (χ2n) is 6.67. The molecule has 2 aromatic rings. The highest BCUT2D eigenvalue weighted by atomic mass is 32.2. The van der Waals surface area contributed by atoms with E-state index in [9.17, 15) is 8.42 Å². The molecule has 2 atom stereocenters. The molecule has 0 saturated heterocycles. The third-order valence-corrected chi connectivity index (χ3v) is 6.34. The summed E-state index contributed by atoms with van der Waals surface area (Å²) in [5.41, 5.74) is 4.71. The summed E-state index contributed by atoms with van der Waals surface area (Å²) in [5, 5.41) is 4.31. The summed E-state index contributed by atoms with van der Waals surface area (Å²) in [5.74, 6) is 0.709. The third kappa shape index (κ3) is 2.63. The van der Waals surface area contributed by atoms with Crippen LogP contribution in [0.15, 0.2) is 58.5 Å². The first-order valence-corrected chi connectivity index (χ1v) is 9.76. The molecule has 5 rings (SSSR count). The number of nitrogens with one attached hydrogen (secondary N) is 1. The summed E-state index contributed by atoms with van der Waals surface area (Å²) in [6, 6.07) is 15.3. The monoisotopic (exact) mass is 340 g/mol. The Bertz CT molecular complexity index is 901. The molecule has 2 bridgehead atoms. The van der Waals surface area contributed by atoms with Crippen LogP contribution in [0.3, 0.4) is 0 Å². The van der Waals surface area contributed by atoms with Crippen LogP contribution in [0.5, 0.6) is 0 Å². The fourth-order valence-corrected chi connectivity index (χ4v) is 4.68. The maximum Gasteiger partial charge on any atom is 0.276 e. The lowest BCUT2D eigenvalue weighted by molar-refractivity contribution is 0.496. The Morgan fingerprint density at radius 1 is 1.00 bits per heavy atom. The van der Waals surface area contributed by atoms with Crippen molar-refractivity contribution in [3.8, 4) is 0 Å². The number of nitrogens with zero attached hydrogens (tertiary/aromatic N) is 1. The van der Waals surface area contributed by atoms with Crippen LogP contribution in [0.4, 0.5) is 0 Å². The quantitative estimate of drug-likeness (QED) is 0.866. The highest BCUT2D eigenvalue weighted by molar-refractivity contribution is 7.89. The first kappa shape index (κ1) is 15.4. The van der Waals surface area contributed by atoms with Crippen molar-refractivity contribution in [1.29, 1.82) is 0 Å². The molecule has 3 aliphatic rings. The lowest BCUT2D eigenvalue weighted by Crippen LogP contribution is -2.32. The molecule has 0 heterocycles. The van der Waals surface area contributed by atoms with Crippen molar-refractivity contribution in [3.63, 3.8) is 0 Å². The van der Waals surface area contributed by atoms with Gasteiger partial charge in [-0.2, -0.15) is 13.5 Å². The van der Waals surface area contributed by atoms with Crippen molar-refractivity contribution in [3.05, 3.63) is 65.2 Å². The van der Waals surface area contributed by atoms with Crippen LogP contribution in [-0.4, -0.2) is 14.1 Å². The Morgan fingerprint density at radius 2 is 1.71 bits per heavy atom. The lowest BCUT2D eigenvalue weighted by Gasteiger charge is -2.39. The van der Waals surface area contributed by atoms with Gasteiger partial charge in [0, 0.05) is 11.6 Å². The Kier molecular flexibility index (Phi) is 3.68. The van der Waals surface area contributed by atoms with E-state index in [0.717, 1.165) is 30.5 Å². The van der Waals surface area contributed by atoms with Gasteiger partial charge in [0.1, 0.15) is 0 Å². The van der Waals surface area contributed by atoms with E-state index in [1.807, 2.05) is 13.0 Å². The zero-order valence-electron chi connectivity index (χ0n) is 13.6. The van der Waals surface area contributed by atoms with Crippen molar-refractivity contribution >= 4 is 15.7 Å². The SMILES string of the molecule is Cc1ccc(S(=O)(=O)N/N=C2/C[C@H]3CC[C@@H]2c2ccccc23)cc1. The van der Waals surface area contributed by atoms with Crippen molar-refractivity contribution in [1.82, 2.24) is 4.83 Å². The van der Waals surface area contributed by atoms with Gasteiger partial charge in [0.2, 0.25) is 0 Å². The number of hydrogen-bond donors (Lipinski definition) is 1. The van der Waals surface area contributed by atoms with Gasteiger partial charge in [0.05, 0.1) is 4.90 Å². The van der Waals surface area contributed by atoms with Crippen molar-refractivity contribution < 1.29 is 8.42 Å². The zero-order chi connectivity index (χ0) is 16.7. The molecule has 3 aliphatic carbocycles. The number of aryl methyl sites for hydroxylation is 1. The van der Waals surface area contributed by atoms with Crippen molar-refractivity contribution in [2.24, 2.45) is 5.10 Å². The third-order valence-electron chi connectivity index (χ3n) is 5.11. The molecule has 0 aromatic heterocycles. The Labute approximate surface area is 142 Å². The second kappa shape index (κ2) is 5.74. The standard InChI is InChI=1S/C19H20N2O2S/c1-13-6-9-15(10-7-13)24(22,23)21-20-19-12-14-8-11-18(19)17-5-3-2-4-16(14)17/h2-7,9-10,14,18,21H,8,11-12H2,1H3/b20-19-/t14-,18-/m1/s1. The van der Waals surface area contributed by atoms with Crippen LogP contribution in [0, 0.1) is 6.92 Å². The molecule has 1 fully saturated rings. The van der Waals surface area contributed by atoms with E-state index < -0.39 is 10.0 Å². The fourth-order valence-electron chi connectivity index (χ4n) is 3.84. The predicted octanol–water partition coefficient (Wildman–Crippen LogP) is 3.69. The van der Waals surface area contributed by atoms with Crippen LogP contribution in [0.1, 0.15) is 47.8 Å². The van der Waals surface area contributed by atoms with Gasteiger partial charge >= 0.3 is 0 Å². The molecule has 5 heteroatoms. The average Bonchev–Trinajstić information content (AvgIpc) is 2.61. The molecule has 1 N–H and O–H groups in total. The molecule has 124 valence electrons. The number of benzene rings is 2. The Balaban J connectivity index is 1.60. The molecule has 24 heavy (non-hydrogen) atoms. The van der Waals surface area contributed by atoms with E-state index >= 15 is 0 Å². The van der Waals surface area contributed by atoms with E-state index in [4.69, 9.17) is 0 Å². The fraction of sp³-hybridized carbons (Fsp3) is 0.316. The molecule has 0 spiro atoms. The maximum absolute atomic E-state index is 12.4. The zero-order valence-corrected chi connectivity index (χ0v) is 14.4. The van der Waals surface area contributed by atoms with Crippen LogP contribution in [0.25, 0.3) is 0 Å². The summed E-state index contributed by atoms with van der Waals surface area (Å²) < 4.78 is 24.8. The topological polar surface area (TPSA) is 58.5 Å². The van der Waals surface area contributed by atoms with Gasteiger partial charge in [-0.15, -0.1) is 0 Å². The second-order valence-corrected chi connectivity index (χ2v) is 8.33. The minimum Gasteiger partial charge on any atom is -0.200 e. The molecule has 0 amide bonds. The number of sulfonamides is 1. The summed E-state index contributed by atoms with van der Waals surface area (Å²) in [6.45, 7) is 1.93. The first-order valence-electron chi connectivity index (χ1n) is 8.28. The minimum atomic E-state index is -3.61. The van der Waals surface area contributed by atoms with Crippen LogP contribution in [-0.2, 0) is 10.0 Å². The predicted molar refractivity (Wildman–Crippen MR) is 94.7 cm³/mol. The van der Waals surface area contributed by atoms with Gasteiger partial charge in [-0.05, 0) is 55.4 Å². The molecule has 0 unspecified atom stereocenters. The van der Waals surface area contributed by atoms with Crippen LogP contribution >= 0.6 is 0 Å². The first-order chi connectivity index (χ1) is 11.5. The minimum absolute atomic E-state index is 0.243. The summed E-state index contributed by atoms with van der Waals surface area (Å²) >= 11 is 0. The normalized spacial score (nSPS) is 24.0. The highest BCUT2D eigenvalue weighted by Crippen LogP contribution is 2.47. The van der Waals surface area contributed by atoms with E-state index in [0.29, 0.717) is 5.92 Å². The Morgan fingerprint density at radius 3 is 2.46 bits per heavy atom. The summed E-state index contributed by atoms with van der Waals surface area (Å²) in [4.78, 5) is 2.69. The van der Waals surface area contributed by atoms with Gasteiger partial charge in [0.15, 0.2) is 0 Å². The smallest absolute Gasteiger partial charge is 0.200 e. The van der Waals surface area contributed by atoms with E-state index in [1.165, 1.54) is 11.1 Å². The van der Waals surface area contributed by atoms with E-state index in [-0.39, 0.29) is 10.8 Å². The molecule has 1 saturated carbocycles. The van der Waals surface area contributed by atoms with Crippen molar-refractivity contribution in [2.45, 2.75) is 42.9 Å². The van der Waals surface area contributed by atoms with E-state index in [1.54, 1.807) is 24.3 Å². The molecule has 0 radical (unpaired) electrons. The lowest BCUT2D eigenvalue weighted by atomic mass is 9.66. The molecule has 0 aliphatic heterocycles. The Hall–Kier alpha value is -2.14. The van der Waals surface area contributed by atoms with Gasteiger partial charge in [-0.1, -0.05) is 42.0 Å². The number of hydrazone groups is 1. The molecule has 2 aromatic carbocycles. The van der Waals surface area contributed by atoms with Gasteiger partial charge in [0.25, 0.3) is 10.0 Å². The largest absolute Gasteiger partial charge is 0.276 e. The van der Waals surface area contributed by atoms with Gasteiger partial charge < -0.3 is 0 Å². The summed E-state index contributed by atoms with van der Waals surface area (Å²) in [7, 11) is -3.61. The molecular formula is C19H20N2O2S. The van der Waals surface area contributed by atoms with Crippen LogP contribution < -0.4 is 4.83 Å². The summed E-state index contributed by atoms with van der Waals surface area (Å²) in [6.07, 6.45) is 3.05. The van der Waals surface area contributed by atoms with Crippen molar-refractivity contribution in [2.75, 3.05) is 0 Å². The van der Waals surface area contributed by atoms with Gasteiger partial charge in [-0.3, -0.25) is 0 Å². The molecular weight excluding hydrogens is 320 g/mol. The number of rotatable bonds is 3. The molecule has 4 nitrogen and oxygen atoms in total. The maximum atomic E-state index is 12.4. The number of fused-ring (bicyclic) bond motifs is 2. The highest BCUT2D eigenvalue weighted by Gasteiger charge is 2.37. The van der Waals surface area contributed by atoms with Crippen LogP contribution in [0.2, 0.25) is 0 Å².